The van der Waals surface area contributed by atoms with Gasteiger partial charge in [-0.3, -0.25) is 19.2 Å². The summed E-state index contributed by atoms with van der Waals surface area (Å²) in [4.78, 5) is 57.6. The third kappa shape index (κ3) is 8.11. The van der Waals surface area contributed by atoms with E-state index >= 15 is 0 Å². The molecule has 0 aromatic carbocycles. The number of rotatable bonds is 10. The van der Waals surface area contributed by atoms with E-state index in [0.29, 0.717) is 0 Å². The van der Waals surface area contributed by atoms with Crippen molar-refractivity contribution < 1.29 is 29.1 Å². The molecule has 11 heteroatoms. The lowest BCUT2D eigenvalue weighted by Gasteiger charge is -2.23. The van der Waals surface area contributed by atoms with Gasteiger partial charge >= 0.3 is 5.97 Å². The van der Waals surface area contributed by atoms with Gasteiger partial charge in [0.15, 0.2) is 0 Å². The van der Waals surface area contributed by atoms with E-state index in [1.165, 1.54) is 6.92 Å². The number of aliphatic carboxylic acids is 1. The molecule has 0 saturated carbocycles. The molecule has 0 rings (SSSR count). The van der Waals surface area contributed by atoms with Gasteiger partial charge in [0.1, 0.15) is 18.1 Å². The van der Waals surface area contributed by atoms with Crippen LogP contribution in [0.3, 0.4) is 0 Å². The highest BCUT2D eigenvalue weighted by molar-refractivity contribution is 5.95. The molecular weight excluding hydrogens is 334 g/mol. The molecule has 4 amide bonds. The Labute approximate surface area is 144 Å². The fraction of sp³-hybridized carbons (Fsp3) is 0.643. The Morgan fingerprint density at radius 2 is 1.52 bits per heavy atom. The lowest BCUT2D eigenvalue weighted by Crippen LogP contribution is -2.56. The highest BCUT2D eigenvalue weighted by Crippen LogP contribution is 2.02. The maximum atomic E-state index is 12.1. The van der Waals surface area contributed by atoms with Crippen molar-refractivity contribution in [2.45, 2.75) is 45.3 Å². The monoisotopic (exact) mass is 359 g/mol. The molecule has 0 saturated heterocycles. The first kappa shape index (κ1) is 22.3. The smallest absolute Gasteiger partial charge is 0.326 e. The minimum absolute atomic E-state index is 0.365. The number of carbonyl (C=O) groups is 5. The molecule has 8 N–H and O–H groups in total. The predicted molar refractivity (Wildman–Crippen MR) is 86.8 cm³/mol. The summed E-state index contributed by atoms with van der Waals surface area (Å²) in [5.41, 5.74) is 10.2. The summed E-state index contributed by atoms with van der Waals surface area (Å²) in [6, 6.07) is -3.51. The van der Waals surface area contributed by atoms with Crippen molar-refractivity contribution in [3.63, 3.8) is 0 Å². The van der Waals surface area contributed by atoms with E-state index in [4.69, 9.17) is 16.6 Å². The average molecular weight is 359 g/mol. The molecule has 0 aliphatic rings. The van der Waals surface area contributed by atoms with E-state index in [1.807, 2.05) is 0 Å². The number of carboxylic acid groups (broad SMARTS) is 1. The van der Waals surface area contributed by atoms with Crippen molar-refractivity contribution in [3.05, 3.63) is 0 Å². The fourth-order valence-electron chi connectivity index (χ4n) is 1.84. The number of carbonyl (C=O) groups excluding carboxylic acids is 4. The molecule has 0 aliphatic heterocycles. The number of nitrogens with one attached hydrogen (secondary N) is 3. The van der Waals surface area contributed by atoms with Crippen LogP contribution in [0.25, 0.3) is 0 Å². The van der Waals surface area contributed by atoms with Gasteiger partial charge in [-0.1, -0.05) is 13.8 Å². The summed E-state index contributed by atoms with van der Waals surface area (Å²) >= 11 is 0. The summed E-state index contributed by atoms with van der Waals surface area (Å²) in [6.45, 7) is 4.17. The van der Waals surface area contributed by atoms with Crippen molar-refractivity contribution in [1.82, 2.24) is 16.0 Å². The van der Waals surface area contributed by atoms with Crippen molar-refractivity contribution >= 4 is 29.6 Å². The Balaban J connectivity index is 4.91. The van der Waals surface area contributed by atoms with Gasteiger partial charge < -0.3 is 32.5 Å². The zero-order valence-corrected chi connectivity index (χ0v) is 14.4. The molecule has 25 heavy (non-hydrogen) atoms. The van der Waals surface area contributed by atoms with Crippen molar-refractivity contribution in [2.75, 3.05) is 6.54 Å². The number of carboxylic acids is 1. The summed E-state index contributed by atoms with van der Waals surface area (Å²) in [6.07, 6.45) is -0.477. The van der Waals surface area contributed by atoms with E-state index in [9.17, 15) is 24.0 Å². The zero-order valence-electron chi connectivity index (χ0n) is 14.4. The van der Waals surface area contributed by atoms with Gasteiger partial charge in [0.2, 0.25) is 23.6 Å². The minimum atomic E-state index is -1.29. The van der Waals surface area contributed by atoms with Gasteiger partial charge in [-0.2, -0.15) is 0 Å². The predicted octanol–water partition coefficient (Wildman–Crippen LogP) is -2.96. The highest BCUT2D eigenvalue weighted by atomic mass is 16.4. The number of hydrogen-bond acceptors (Lipinski definition) is 6. The molecular formula is C14H25N5O6. The Bertz CT molecular complexity index is 536. The van der Waals surface area contributed by atoms with E-state index in [2.05, 4.69) is 16.0 Å². The summed E-state index contributed by atoms with van der Waals surface area (Å²) in [7, 11) is 0. The van der Waals surface area contributed by atoms with Crippen LogP contribution in [0, 0.1) is 5.92 Å². The number of amides is 4. The van der Waals surface area contributed by atoms with E-state index in [1.54, 1.807) is 13.8 Å². The maximum Gasteiger partial charge on any atom is 0.326 e. The van der Waals surface area contributed by atoms with E-state index < -0.39 is 60.7 Å². The Hall–Kier alpha value is -2.69. The topological polar surface area (TPSA) is 194 Å². The molecule has 11 nitrogen and oxygen atoms in total. The lowest BCUT2D eigenvalue weighted by molar-refractivity contribution is -0.143. The van der Waals surface area contributed by atoms with Gasteiger partial charge in [0.25, 0.3) is 0 Å². The number of primary amides is 1. The molecule has 0 aromatic heterocycles. The molecule has 0 aliphatic carbocycles. The standard InChI is InChI=1S/C14H25N5O6/c1-6(2)11(14(24)25)19-12(22)7(3)17-13(23)8(4-9(16)20)18-10(21)5-15/h6-8,11H,4-5,15H2,1-3H3,(H2,16,20)(H,17,23)(H,18,21)(H,19,22)(H,24,25). The first-order chi connectivity index (χ1) is 11.5. The van der Waals surface area contributed by atoms with Gasteiger partial charge in [-0.15, -0.1) is 0 Å². The van der Waals surface area contributed by atoms with Crippen molar-refractivity contribution in [2.24, 2.45) is 17.4 Å². The van der Waals surface area contributed by atoms with Crippen LogP contribution in [0.5, 0.6) is 0 Å². The van der Waals surface area contributed by atoms with Crippen LogP contribution in [0.1, 0.15) is 27.2 Å². The van der Waals surface area contributed by atoms with Gasteiger partial charge in [-0.25, -0.2) is 4.79 Å². The third-order valence-electron chi connectivity index (χ3n) is 3.22. The lowest BCUT2D eigenvalue weighted by atomic mass is 10.0. The Morgan fingerprint density at radius 1 is 0.960 bits per heavy atom. The normalized spacial score (nSPS) is 14.1. The summed E-state index contributed by atoms with van der Waals surface area (Å²) in [5, 5.41) is 15.9. The fourth-order valence-corrected chi connectivity index (χ4v) is 1.84. The van der Waals surface area contributed by atoms with Crippen LogP contribution in [0.4, 0.5) is 0 Å². The quantitative estimate of drug-likeness (QED) is 0.239. The Morgan fingerprint density at radius 3 is 1.92 bits per heavy atom. The molecule has 0 aromatic rings. The van der Waals surface area contributed by atoms with Crippen LogP contribution in [-0.4, -0.2) is 59.4 Å². The van der Waals surface area contributed by atoms with Crippen molar-refractivity contribution in [3.8, 4) is 0 Å². The second kappa shape index (κ2) is 10.2. The second-order valence-corrected chi connectivity index (χ2v) is 5.79. The minimum Gasteiger partial charge on any atom is -0.480 e. The van der Waals surface area contributed by atoms with Crippen LogP contribution in [-0.2, 0) is 24.0 Å². The summed E-state index contributed by atoms with van der Waals surface area (Å²) < 4.78 is 0. The van der Waals surface area contributed by atoms with Crippen LogP contribution >= 0.6 is 0 Å². The van der Waals surface area contributed by atoms with Gasteiger partial charge in [-0.05, 0) is 12.8 Å². The third-order valence-corrected chi connectivity index (χ3v) is 3.22. The zero-order chi connectivity index (χ0) is 19.7. The van der Waals surface area contributed by atoms with Crippen LogP contribution < -0.4 is 27.4 Å². The SMILES string of the molecule is CC(NC(=O)C(CC(N)=O)NC(=O)CN)C(=O)NC(C(=O)O)C(C)C. The molecule has 0 radical (unpaired) electrons. The Kier molecular flexibility index (Phi) is 9.13. The van der Waals surface area contributed by atoms with E-state index in [-0.39, 0.29) is 5.92 Å². The first-order valence-corrected chi connectivity index (χ1v) is 7.60. The maximum absolute atomic E-state index is 12.1. The van der Waals surface area contributed by atoms with Crippen molar-refractivity contribution in [1.29, 1.82) is 0 Å². The molecule has 0 heterocycles. The molecule has 142 valence electrons. The van der Waals surface area contributed by atoms with E-state index in [0.717, 1.165) is 0 Å². The highest BCUT2D eigenvalue weighted by Gasteiger charge is 2.29. The second-order valence-electron chi connectivity index (χ2n) is 5.79. The molecule has 3 unspecified atom stereocenters. The largest absolute Gasteiger partial charge is 0.480 e. The first-order valence-electron chi connectivity index (χ1n) is 7.60. The molecule has 3 atom stereocenters. The molecule has 0 spiro atoms. The summed E-state index contributed by atoms with van der Waals surface area (Å²) in [5.74, 6) is -4.62. The van der Waals surface area contributed by atoms with Crippen LogP contribution in [0.2, 0.25) is 0 Å². The number of hydrogen-bond donors (Lipinski definition) is 6. The van der Waals surface area contributed by atoms with Crippen LogP contribution in [0.15, 0.2) is 0 Å². The number of nitrogens with two attached hydrogens (primary N) is 2. The molecule has 0 bridgehead atoms. The van der Waals surface area contributed by atoms with Gasteiger partial charge in [0.05, 0.1) is 13.0 Å². The average Bonchev–Trinajstić information content (AvgIpc) is 2.49. The molecule has 0 fully saturated rings. The van der Waals surface area contributed by atoms with Gasteiger partial charge in [0, 0.05) is 0 Å².